The zero-order valence-electron chi connectivity index (χ0n) is 12.2. The van der Waals surface area contributed by atoms with E-state index in [1.54, 1.807) is 10.8 Å². The predicted octanol–water partition coefficient (Wildman–Crippen LogP) is 4.19. The number of nitrogens with zero attached hydrogens (tertiary/aromatic N) is 2. The fraction of sp³-hybridized carbons (Fsp3) is 0.0526. The molecule has 22 heavy (non-hydrogen) atoms. The van der Waals surface area contributed by atoms with Crippen LogP contribution >= 0.6 is 0 Å². The van der Waals surface area contributed by atoms with Crippen LogP contribution in [0.4, 0.5) is 0 Å². The van der Waals surface area contributed by atoms with Gasteiger partial charge in [0.2, 0.25) is 0 Å². The van der Waals surface area contributed by atoms with Crippen molar-refractivity contribution in [1.82, 2.24) is 9.55 Å². The molecule has 2 heterocycles. The van der Waals surface area contributed by atoms with Crippen molar-refractivity contribution in [3.8, 4) is 0 Å². The Kier molecular flexibility index (Phi) is 2.79. The molecule has 0 spiro atoms. The van der Waals surface area contributed by atoms with Crippen LogP contribution in [0, 0.1) is 6.92 Å². The van der Waals surface area contributed by atoms with Crippen LogP contribution in [0.1, 0.15) is 16.1 Å². The Morgan fingerprint density at radius 3 is 2.00 bits per heavy atom. The van der Waals surface area contributed by atoms with Gasteiger partial charge in [0, 0.05) is 22.7 Å². The maximum atomic E-state index is 13.0. The van der Waals surface area contributed by atoms with Crippen molar-refractivity contribution in [3.05, 3.63) is 78.1 Å². The first-order chi connectivity index (χ1) is 10.8. The van der Waals surface area contributed by atoms with E-state index in [2.05, 4.69) is 17.1 Å². The Labute approximate surface area is 127 Å². The molecule has 0 radical (unpaired) electrons. The van der Waals surface area contributed by atoms with E-state index < -0.39 is 0 Å². The van der Waals surface area contributed by atoms with E-state index in [-0.39, 0.29) is 5.91 Å². The largest absolute Gasteiger partial charge is 0.276 e. The molecule has 0 aliphatic rings. The standard InChI is InChI=1S/C19H14N2O/c1-13-10-11-14(12-20-13)19(22)21-17-8-4-2-6-15(17)16-7-3-5-9-18(16)21/h2-12H,1H3. The van der Waals surface area contributed by atoms with Crippen molar-refractivity contribution < 1.29 is 4.79 Å². The molecule has 0 amide bonds. The maximum absolute atomic E-state index is 13.0. The minimum absolute atomic E-state index is 0.0510. The third-order valence-corrected chi connectivity index (χ3v) is 3.94. The number of carbonyl (C=O) groups is 1. The van der Waals surface area contributed by atoms with Gasteiger partial charge in [-0.3, -0.25) is 14.3 Å². The number of benzene rings is 2. The van der Waals surface area contributed by atoms with Crippen molar-refractivity contribution in [2.75, 3.05) is 0 Å². The number of carbonyl (C=O) groups excluding carboxylic acids is 1. The molecule has 0 aliphatic heterocycles. The Balaban J connectivity index is 2.04. The van der Waals surface area contributed by atoms with Crippen molar-refractivity contribution in [2.45, 2.75) is 6.92 Å². The summed E-state index contributed by atoms with van der Waals surface area (Å²) in [7, 11) is 0. The van der Waals surface area contributed by atoms with Gasteiger partial charge in [-0.1, -0.05) is 36.4 Å². The lowest BCUT2D eigenvalue weighted by atomic mass is 10.2. The van der Waals surface area contributed by atoms with Crippen LogP contribution in [-0.4, -0.2) is 15.5 Å². The van der Waals surface area contributed by atoms with Gasteiger partial charge in [-0.15, -0.1) is 0 Å². The summed E-state index contributed by atoms with van der Waals surface area (Å²) in [6.45, 7) is 1.91. The highest BCUT2D eigenvalue weighted by Crippen LogP contribution is 2.29. The summed E-state index contributed by atoms with van der Waals surface area (Å²) in [6, 6.07) is 19.7. The molecule has 0 saturated carbocycles. The first-order valence-electron chi connectivity index (χ1n) is 7.21. The molecule has 106 valence electrons. The molecule has 0 saturated heterocycles. The Morgan fingerprint density at radius 1 is 0.864 bits per heavy atom. The summed E-state index contributed by atoms with van der Waals surface area (Å²) >= 11 is 0. The number of hydrogen-bond donors (Lipinski definition) is 0. The Bertz CT molecular complexity index is 944. The Morgan fingerprint density at radius 2 is 1.45 bits per heavy atom. The van der Waals surface area contributed by atoms with Gasteiger partial charge in [-0.2, -0.15) is 0 Å². The van der Waals surface area contributed by atoms with E-state index in [9.17, 15) is 4.79 Å². The van der Waals surface area contributed by atoms with Gasteiger partial charge >= 0.3 is 0 Å². The molecular weight excluding hydrogens is 272 g/mol. The summed E-state index contributed by atoms with van der Waals surface area (Å²) in [5, 5.41) is 2.18. The number of hydrogen-bond acceptors (Lipinski definition) is 2. The van der Waals surface area contributed by atoms with Gasteiger partial charge in [0.05, 0.1) is 16.6 Å². The fourth-order valence-electron chi connectivity index (χ4n) is 2.86. The monoisotopic (exact) mass is 286 g/mol. The summed E-state index contributed by atoms with van der Waals surface area (Å²) in [5.41, 5.74) is 3.35. The number of aryl methyl sites for hydroxylation is 1. The minimum Gasteiger partial charge on any atom is -0.276 e. The molecule has 0 bridgehead atoms. The van der Waals surface area contributed by atoms with Gasteiger partial charge in [0.25, 0.3) is 5.91 Å². The predicted molar refractivity (Wildman–Crippen MR) is 88.1 cm³/mol. The number of fused-ring (bicyclic) bond motifs is 3. The molecule has 3 nitrogen and oxygen atoms in total. The SMILES string of the molecule is Cc1ccc(C(=O)n2c3ccccc3c3ccccc32)cn1. The molecule has 0 N–H and O–H groups in total. The second kappa shape index (κ2) is 4.81. The van der Waals surface area contributed by atoms with Crippen LogP contribution in [-0.2, 0) is 0 Å². The molecule has 3 heteroatoms. The van der Waals surface area contributed by atoms with Gasteiger partial charge in [0.15, 0.2) is 0 Å². The van der Waals surface area contributed by atoms with E-state index >= 15 is 0 Å². The molecule has 2 aromatic carbocycles. The van der Waals surface area contributed by atoms with Crippen LogP contribution in [0.3, 0.4) is 0 Å². The minimum atomic E-state index is -0.0510. The van der Waals surface area contributed by atoms with E-state index in [4.69, 9.17) is 0 Å². The Hall–Kier alpha value is -2.94. The van der Waals surface area contributed by atoms with Crippen LogP contribution < -0.4 is 0 Å². The van der Waals surface area contributed by atoms with Gasteiger partial charge in [-0.25, -0.2) is 0 Å². The molecule has 4 rings (SSSR count). The average molecular weight is 286 g/mol. The van der Waals surface area contributed by atoms with Gasteiger partial charge in [0.1, 0.15) is 0 Å². The summed E-state index contributed by atoms with van der Waals surface area (Å²) < 4.78 is 1.77. The van der Waals surface area contributed by atoms with Gasteiger partial charge < -0.3 is 0 Å². The molecule has 0 unspecified atom stereocenters. The van der Waals surface area contributed by atoms with Gasteiger partial charge in [-0.05, 0) is 31.2 Å². The normalized spacial score (nSPS) is 11.1. The molecule has 0 atom stereocenters. The summed E-state index contributed by atoms with van der Waals surface area (Å²) in [4.78, 5) is 17.2. The second-order valence-electron chi connectivity index (χ2n) is 5.36. The lowest BCUT2D eigenvalue weighted by molar-refractivity contribution is 0.0969. The fourth-order valence-corrected chi connectivity index (χ4v) is 2.86. The van der Waals surface area contributed by atoms with E-state index in [1.165, 1.54) is 0 Å². The highest BCUT2D eigenvalue weighted by Gasteiger charge is 2.16. The highest BCUT2D eigenvalue weighted by molar-refractivity contribution is 6.16. The van der Waals surface area contributed by atoms with Crippen molar-refractivity contribution in [3.63, 3.8) is 0 Å². The van der Waals surface area contributed by atoms with Crippen LogP contribution in [0.25, 0.3) is 21.8 Å². The molecule has 0 aliphatic carbocycles. The van der Waals surface area contributed by atoms with Crippen molar-refractivity contribution >= 4 is 27.7 Å². The number of pyridine rings is 1. The third-order valence-electron chi connectivity index (χ3n) is 3.94. The van der Waals surface area contributed by atoms with E-state index in [1.807, 2.05) is 55.5 Å². The number of para-hydroxylation sites is 2. The maximum Gasteiger partial charge on any atom is 0.264 e. The molecule has 0 fully saturated rings. The summed E-state index contributed by atoms with van der Waals surface area (Å²) in [6.07, 6.45) is 1.64. The quantitative estimate of drug-likeness (QED) is 0.526. The average Bonchev–Trinajstić information content (AvgIpc) is 2.89. The topological polar surface area (TPSA) is 34.9 Å². The van der Waals surface area contributed by atoms with E-state index in [0.717, 1.165) is 27.5 Å². The third kappa shape index (κ3) is 1.83. The smallest absolute Gasteiger partial charge is 0.264 e. The summed E-state index contributed by atoms with van der Waals surface area (Å²) in [5.74, 6) is -0.0510. The second-order valence-corrected chi connectivity index (χ2v) is 5.36. The number of aromatic nitrogens is 2. The first-order valence-corrected chi connectivity index (χ1v) is 7.21. The zero-order valence-corrected chi connectivity index (χ0v) is 12.2. The molecule has 2 aromatic heterocycles. The molecular formula is C19H14N2O. The molecule has 4 aromatic rings. The number of rotatable bonds is 1. The van der Waals surface area contributed by atoms with E-state index in [0.29, 0.717) is 5.56 Å². The van der Waals surface area contributed by atoms with Crippen LogP contribution in [0.2, 0.25) is 0 Å². The zero-order chi connectivity index (χ0) is 15.1. The highest BCUT2D eigenvalue weighted by atomic mass is 16.2. The van der Waals surface area contributed by atoms with Crippen LogP contribution in [0.15, 0.2) is 66.9 Å². The first kappa shape index (κ1) is 12.8. The van der Waals surface area contributed by atoms with Crippen LogP contribution in [0.5, 0.6) is 0 Å². The van der Waals surface area contributed by atoms with Crippen molar-refractivity contribution in [1.29, 1.82) is 0 Å². The van der Waals surface area contributed by atoms with Crippen molar-refractivity contribution in [2.24, 2.45) is 0 Å². The lowest BCUT2D eigenvalue weighted by Gasteiger charge is -2.06. The lowest BCUT2D eigenvalue weighted by Crippen LogP contribution is -2.12.